The maximum Gasteiger partial charge on any atom is 0.270 e. The van der Waals surface area contributed by atoms with Gasteiger partial charge in [-0.25, -0.2) is 5.01 Å². The van der Waals surface area contributed by atoms with Crippen LogP contribution in [0.2, 0.25) is 0 Å². The third-order valence-electron chi connectivity index (χ3n) is 6.02. The van der Waals surface area contributed by atoms with Gasteiger partial charge in [0.25, 0.3) is 5.91 Å². The summed E-state index contributed by atoms with van der Waals surface area (Å²) in [6, 6.07) is 15.7. The molecular weight excluding hydrogens is 402 g/mol. The van der Waals surface area contributed by atoms with Crippen LogP contribution in [0.5, 0.6) is 0 Å². The van der Waals surface area contributed by atoms with E-state index in [1.165, 1.54) is 5.01 Å². The number of rotatable bonds is 4. The number of piperazine rings is 1. The van der Waals surface area contributed by atoms with Gasteiger partial charge in [-0.3, -0.25) is 14.5 Å². The first-order valence-corrected chi connectivity index (χ1v) is 10.9. The first-order chi connectivity index (χ1) is 15.4. The second-order valence-corrected chi connectivity index (χ2v) is 8.42. The smallest absolute Gasteiger partial charge is 0.270 e. The molecule has 2 amide bonds. The zero-order chi connectivity index (χ0) is 22.7. The van der Waals surface area contributed by atoms with Crippen molar-refractivity contribution in [3.8, 4) is 6.07 Å². The van der Waals surface area contributed by atoms with Gasteiger partial charge in [-0.15, -0.1) is 0 Å². The lowest BCUT2D eigenvalue weighted by Gasteiger charge is -2.35. The minimum Gasteiger partial charge on any atom is -0.335 e. The highest BCUT2D eigenvalue weighted by atomic mass is 16.2. The van der Waals surface area contributed by atoms with Crippen LogP contribution in [0.1, 0.15) is 35.1 Å². The van der Waals surface area contributed by atoms with E-state index in [1.807, 2.05) is 61.2 Å². The molecule has 4 rings (SSSR count). The van der Waals surface area contributed by atoms with E-state index in [-0.39, 0.29) is 18.2 Å². The molecule has 2 aliphatic heterocycles. The molecule has 0 radical (unpaired) electrons. The number of hydrogen-bond acceptors (Lipinski definition) is 5. The quantitative estimate of drug-likeness (QED) is 0.748. The normalized spacial score (nSPS) is 17.2. The number of benzene rings is 2. The van der Waals surface area contributed by atoms with Gasteiger partial charge in [0.2, 0.25) is 5.91 Å². The summed E-state index contributed by atoms with van der Waals surface area (Å²) in [4.78, 5) is 29.8. The van der Waals surface area contributed by atoms with Crippen molar-refractivity contribution in [1.29, 1.82) is 5.26 Å². The Labute approximate surface area is 188 Å². The zero-order valence-electron chi connectivity index (χ0n) is 18.5. The van der Waals surface area contributed by atoms with E-state index < -0.39 is 0 Å². The number of carbonyl (C=O) groups excluding carboxylic acids is 2. The Morgan fingerprint density at radius 1 is 1.03 bits per heavy atom. The van der Waals surface area contributed by atoms with Crippen LogP contribution in [0.4, 0.5) is 5.69 Å². The van der Waals surface area contributed by atoms with Gasteiger partial charge in [0, 0.05) is 45.6 Å². The number of nitrogens with zero attached hydrogens (tertiary/aromatic N) is 5. The van der Waals surface area contributed by atoms with E-state index in [9.17, 15) is 9.59 Å². The molecule has 0 bridgehead atoms. The molecule has 2 aliphatic rings. The third-order valence-corrected chi connectivity index (χ3v) is 6.02. The molecule has 2 aromatic rings. The van der Waals surface area contributed by atoms with Gasteiger partial charge in [0.1, 0.15) is 5.71 Å². The minimum absolute atomic E-state index is 0.0779. The highest BCUT2D eigenvalue weighted by Crippen LogP contribution is 2.26. The van der Waals surface area contributed by atoms with E-state index in [2.05, 4.69) is 16.1 Å². The van der Waals surface area contributed by atoms with E-state index in [4.69, 9.17) is 5.26 Å². The average molecular weight is 430 g/mol. The van der Waals surface area contributed by atoms with Gasteiger partial charge in [0.05, 0.1) is 17.3 Å². The van der Waals surface area contributed by atoms with Crippen LogP contribution >= 0.6 is 0 Å². The van der Waals surface area contributed by atoms with Crippen LogP contribution in [0.15, 0.2) is 47.6 Å². The van der Waals surface area contributed by atoms with Gasteiger partial charge in [-0.05, 0) is 48.7 Å². The number of carbonyl (C=O) groups is 2. The van der Waals surface area contributed by atoms with Crippen molar-refractivity contribution in [3.05, 3.63) is 64.7 Å². The summed E-state index contributed by atoms with van der Waals surface area (Å²) in [5, 5.41) is 14.8. The van der Waals surface area contributed by atoms with E-state index >= 15 is 0 Å². The number of amides is 2. The van der Waals surface area contributed by atoms with Crippen molar-refractivity contribution in [1.82, 2.24) is 9.80 Å². The molecule has 0 saturated carbocycles. The van der Waals surface area contributed by atoms with Crippen molar-refractivity contribution in [2.24, 2.45) is 5.10 Å². The summed E-state index contributed by atoms with van der Waals surface area (Å²) >= 11 is 0. The lowest BCUT2D eigenvalue weighted by Crippen LogP contribution is -2.51. The Hall–Kier alpha value is -3.50. The molecule has 0 unspecified atom stereocenters. The molecule has 2 aromatic carbocycles. The van der Waals surface area contributed by atoms with Gasteiger partial charge in [0.15, 0.2) is 0 Å². The molecule has 0 atom stereocenters. The number of aryl methyl sites for hydroxylation is 2. The van der Waals surface area contributed by atoms with Crippen LogP contribution in [0.3, 0.4) is 0 Å². The van der Waals surface area contributed by atoms with Gasteiger partial charge < -0.3 is 4.90 Å². The maximum atomic E-state index is 13.1. The first kappa shape index (κ1) is 21.7. The topological polar surface area (TPSA) is 80.0 Å². The van der Waals surface area contributed by atoms with Crippen molar-refractivity contribution in [2.45, 2.75) is 33.2 Å². The van der Waals surface area contributed by atoms with Crippen LogP contribution < -0.4 is 5.01 Å². The fourth-order valence-electron chi connectivity index (χ4n) is 4.08. The fourth-order valence-corrected chi connectivity index (χ4v) is 4.08. The Morgan fingerprint density at radius 2 is 1.75 bits per heavy atom. The molecule has 0 spiro atoms. The van der Waals surface area contributed by atoms with E-state index in [0.29, 0.717) is 30.8 Å². The zero-order valence-corrected chi connectivity index (χ0v) is 18.5. The van der Waals surface area contributed by atoms with Crippen LogP contribution in [-0.4, -0.2) is 53.5 Å². The summed E-state index contributed by atoms with van der Waals surface area (Å²) in [7, 11) is 0. The molecule has 0 aromatic heterocycles. The van der Waals surface area contributed by atoms with Crippen molar-refractivity contribution >= 4 is 23.2 Å². The Kier molecular flexibility index (Phi) is 6.33. The monoisotopic (exact) mass is 429 g/mol. The van der Waals surface area contributed by atoms with Crippen molar-refractivity contribution < 1.29 is 9.59 Å². The predicted molar refractivity (Wildman–Crippen MR) is 123 cm³/mol. The number of hydrogen-bond donors (Lipinski definition) is 0. The largest absolute Gasteiger partial charge is 0.335 e. The van der Waals surface area contributed by atoms with Crippen LogP contribution in [0.25, 0.3) is 0 Å². The van der Waals surface area contributed by atoms with Gasteiger partial charge >= 0.3 is 0 Å². The van der Waals surface area contributed by atoms with Crippen molar-refractivity contribution in [3.63, 3.8) is 0 Å². The lowest BCUT2D eigenvalue weighted by molar-refractivity contribution is -0.126. The Balaban J connectivity index is 1.40. The number of nitriles is 1. The summed E-state index contributed by atoms with van der Waals surface area (Å²) < 4.78 is 0. The molecule has 164 valence electrons. The highest BCUT2D eigenvalue weighted by Gasteiger charge is 2.30. The Bertz CT molecular complexity index is 1090. The minimum atomic E-state index is -0.0810. The summed E-state index contributed by atoms with van der Waals surface area (Å²) in [6.07, 6.45) is 0.668. The first-order valence-electron chi connectivity index (χ1n) is 10.9. The summed E-state index contributed by atoms with van der Waals surface area (Å²) in [6.45, 7) is 7.53. The molecule has 1 saturated heterocycles. The van der Waals surface area contributed by atoms with Gasteiger partial charge in [-0.1, -0.05) is 24.3 Å². The Morgan fingerprint density at radius 3 is 2.44 bits per heavy atom. The second-order valence-electron chi connectivity index (χ2n) is 8.42. The molecule has 0 N–H and O–H groups in total. The molecule has 32 heavy (non-hydrogen) atoms. The highest BCUT2D eigenvalue weighted by molar-refractivity contribution is 6.40. The van der Waals surface area contributed by atoms with E-state index in [0.717, 1.165) is 42.0 Å². The summed E-state index contributed by atoms with van der Waals surface area (Å²) in [5.41, 5.74) is 5.01. The lowest BCUT2D eigenvalue weighted by atomic mass is 10.1. The molecular formula is C25H27N5O2. The maximum absolute atomic E-state index is 13.1. The third kappa shape index (κ3) is 4.71. The van der Waals surface area contributed by atoms with Crippen LogP contribution in [-0.2, 0) is 16.1 Å². The SMILES string of the molecule is Cc1ccc(C)c(N2N=C(C(=O)N3CCN(Cc4ccc(C#N)cc4)CC3)CCC2=O)c1. The van der Waals surface area contributed by atoms with E-state index in [1.54, 1.807) is 0 Å². The summed E-state index contributed by atoms with van der Waals surface area (Å²) in [5.74, 6) is -0.159. The van der Waals surface area contributed by atoms with Crippen LogP contribution in [0, 0.1) is 25.2 Å². The second kappa shape index (κ2) is 9.33. The molecule has 7 nitrogen and oxygen atoms in total. The molecule has 0 aliphatic carbocycles. The molecule has 7 heteroatoms. The van der Waals surface area contributed by atoms with Crippen molar-refractivity contribution in [2.75, 3.05) is 31.2 Å². The molecule has 2 heterocycles. The fraction of sp³-hybridized carbons (Fsp3) is 0.360. The van der Waals surface area contributed by atoms with Gasteiger partial charge in [-0.2, -0.15) is 10.4 Å². The number of hydrazone groups is 1. The predicted octanol–water partition coefficient (Wildman–Crippen LogP) is 3.00. The standard InChI is InChI=1S/C25H27N5O2/c1-18-3-4-19(2)23(15-18)30-24(31)10-9-22(27-30)25(32)29-13-11-28(12-14-29)17-21-7-5-20(16-26)6-8-21/h3-8,15H,9-14,17H2,1-2H3. The number of anilines is 1. The molecule has 1 fully saturated rings. The average Bonchev–Trinajstić information content (AvgIpc) is 2.82.